The van der Waals surface area contributed by atoms with Gasteiger partial charge in [0, 0.05) is 25.9 Å². The molecule has 1 amide bonds. The van der Waals surface area contributed by atoms with Gasteiger partial charge in [-0.1, -0.05) is 0 Å². The number of hydrogen-bond acceptors (Lipinski definition) is 6. The van der Waals surface area contributed by atoms with Crippen molar-refractivity contribution < 1.29 is 29.0 Å². The van der Waals surface area contributed by atoms with Crippen molar-refractivity contribution in [2.24, 2.45) is 0 Å². The van der Waals surface area contributed by atoms with E-state index in [2.05, 4.69) is 10.2 Å². The summed E-state index contributed by atoms with van der Waals surface area (Å²) in [4.78, 5) is 36.8. The van der Waals surface area contributed by atoms with E-state index < -0.39 is 11.9 Å². The van der Waals surface area contributed by atoms with Gasteiger partial charge < -0.3 is 24.8 Å². The van der Waals surface area contributed by atoms with Gasteiger partial charge in [-0.25, -0.2) is 4.79 Å². The monoisotopic (exact) mass is 364 g/mol. The molecule has 0 saturated carbocycles. The maximum Gasteiger partial charge on any atom is 0.338 e. The van der Waals surface area contributed by atoms with E-state index in [1.165, 1.54) is 0 Å². The zero-order valence-electron chi connectivity index (χ0n) is 14.8. The highest BCUT2D eigenvalue weighted by Crippen LogP contribution is 2.28. The molecule has 1 fully saturated rings. The predicted octanol–water partition coefficient (Wildman–Crippen LogP) is 1.89. The highest BCUT2D eigenvalue weighted by Gasteiger charge is 2.18. The van der Waals surface area contributed by atoms with Gasteiger partial charge in [0.2, 0.25) is 5.91 Å². The van der Waals surface area contributed by atoms with Gasteiger partial charge in [-0.2, -0.15) is 0 Å². The summed E-state index contributed by atoms with van der Waals surface area (Å²) >= 11 is 0. The minimum atomic E-state index is -0.934. The number of nitrogens with zero attached hydrogens (tertiary/aromatic N) is 1. The van der Waals surface area contributed by atoms with E-state index in [1.807, 2.05) is 0 Å². The number of carbonyl (C=O) groups excluding carboxylic acids is 2. The normalized spacial score (nSPS) is 14.0. The molecule has 1 aliphatic heterocycles. The third-order valence-corrected chi connectivity index (χ3v) is 3.93. The molecule has 0 bridgehead atoms. The largest absolute Gasteiger partial charge is 0.481 e. The number of carbonyl (C=O) groups is 3. The van der Waals surface area contributed by atoms with Crippen LogP contribution in [0.5, 0.6) is 0 Å². The first-order chi connectivity index (χ1) is 12.5. The highest BCUT2D eigenvalue weighted by atomic mass is 16.5. The summed E-state index contributed by atoms with van der Waals surface area (Å²) in [6.07, 6.45) is 0.288. The third-order valence-electron chi connectivity index (χ3n) is 3.93. The molecule has 1 heterocycles. The number of carboxylic acid groups (broad SMARTS) is 1. The second-order valence-electron chi connectivity index (χ2n) is 5.85. The van der Waals surface area contributed by atoms with Gasteiger partial charge in [-0.3, -0.25) is 9.59 Å². The quantitative estimate of drug-likeness (QED) is 0.679. The molecule has 0 atom stereocenters. The van der Waals surface area contributed by atoms with E-state index in [1.54, 1.807) is 25.1 Å². The summed E-state index contributed by atoms with van der Waals surface area (Å²) in [7, 11) is 0. The molecule has 1 saturated heterocycles. The van der Waals surface area contributed by atoms with Crippen LogP contribution in [0.25, 0.3) is 0 Å². The molecule has 0 radical (unpaired) electrons. The highest BCUT2D eigenvalue weighted by molar-refractivity contribution is 5.98. The van der Waals surface area contributed by atoms with Crippen LogP contribution in [-0.4, -0.2) is 55.9 Å². The van der Waals surface area contributed by atoms with Gasteiger partial charge in [0.25, 0.3) is 0 Å². The van der Waals surface area contributed by atoms with Gasteiger partial charge in [0.1, 0.15) is 0 Å². The molecule has 0 unspecified atom stereocenters. The van der Waals surface area contributed by atoms with Gasteiger partial charge in [0.15, 0.2) is 0 Å². The van der Waals surface area contributed by atoms with Crippen molar-refractivity contribution in [1.82, 2.24) is 0 Å². The second kappa shape index (κ2) is 9.76. The van der Waals surface area contributed by atoms with Crippen LogP contribution in [0.3, 0.4) is 0 Å². The Bertz CT molecular complexity index is 655. The van der Waals surface area contributed by atoms with E-state index in [0.29, 0.717) is 37.6 Å². The van der Waals surface area contributed by atoms with Crippen molar-refractivity contribution >= 4 is 29.2 Å². The number of ether oxygens (including phenoxy) is 2. The van der Waals surface area contributed by atoms with Gasteiger partial charge >= 0.3 is 11.9 Å². The van der Waals surface area contributed by atoms with Crippen LogP contribution >= 0.6 is 0 Å². The van der Waals surface area contributed by atoms with Crippen molar-refractivity contribution in [2.75, 3.05) is 43.1 Å². The Morgan fingerprint density at radius 1 is 1.23 bits per heavy atom. The average Bonchev–Trinajstić information content (AvgIpc) is 2.62. The summed E-state index contributed by atoms with van der Waals surface area (Å²) in [6.45, 7) is 4.53. The fraction of sp³-hybridized carbons (Fsp3) is 0.500. The van der Waals surface area contributed by atoms with Crippen molar-refractivity contribution in [2.45, 2.75) is 26.2 Å². The average molecular weight is 364 g/mol. The van der Waals surface area contributed by atoms with Gasteiger partial charge in [0.05, 0.1) is 36.8 Å². The summed E-state index contributed by atoms with van der Waals surface area (Å²) in [5, 5.41) is 11.5. The molecule has 26 heavy (non-hydrogen) atoms. The molecular weight excluding hydrogens is 340 g/mol. The molecule has 0 aliphatic carbocycles. The van der Waals surface area contributed by atoms with E-state index >= 15 is 0 Å². The smallest absolute Gasteiger partial charge is 0.338 e. The molecule has 2 rings (SSSR count). The number of hydrogen-bond donors (Lipinski definition) is 2. The number of anilines is 2. The Kier molecular flexibility index (Phi) is 7.40. The minimum absolute atomic E-state index is 0.0629. The predicted molar refractivity (Wildman–Crippen MR) is 95.5 cm³/mol. The molecule has 0 aromatic heterocycles. The fourth-order valence-corrected chi connectivity index (χ4v) is 2.67. The van der Waals surface area contributed by atoms with Crippen LogP contribution in [0, 0.1) is 0 Å². The Morgan fingerprint density at radius 3 is 2.62 bits per heavy atom. The molecule has 8 heteroatoms. The number of nitrogens with one attached hydrogen (secondary N) is 1. The lowest BCUT2D eigenvalue weighted by Crippen LogP contribution is -2.36. The first-order valence-corrected chi connectivity index (χ1v) is 8.66. The van der Waals surface area contributed by atoms with Crippen LogP contribution in [-0.2, 0) is 19.1 Å². The topological polar surface area (TPSA) is 105 Å². The summed E-state index contributed by atoms with van der Waals surface area (Å²) < 4.78 is 10.4. The molecule has 0 spiro atoms. The SMILES string of the molecule is CCOC(=O)c1ccc(N2CCOCC2)c(NC(=O)CCCC(=O)O)c1. The maximum atomic E-state index is 12.2. The maximum absolute atomic E-state index is 12.2. The van der Waals surface area contributed by atoms with Crippen LogP contribution in [0.15, 0.2) is 18.2 Å². The summed E-state index contributed by atoms with van der Waals surface area (Å²) in [6, 6.07) is 5.05. The Morgan fingerprint density at radius 2 is 1.96 bits per heavy atom. The van der Waals surface area contributed by atoms with Crippen molar-refractivity contribution in [3.63, 3.8) is 0 Å². The van der Waals surface area contributed by atoms with Crippen molar-refractivity contribution in [1.29, 1.82) is 0 Å². The second-order valence-corrected chi connectivity index (χ2v) is 5.85. The zero-order chi connectivity index (χ0) is 18.9. The lowest BCUT2D eigenvalue weighted by molar-refractivity contribution is -0.137. The molecule has 1 aromatic carbocycles. The molecule has 1 aliphatic rings. The van der Waals surface area contributed by atoms with Gasteiger partial charge in [-0.05, 0) is 31.5 Å². The van der Waals surface area contributed by atoms with Crippen LogP contribution in [0.4, 0.5) is 11.4 Å². The Balaban J connectivity index is 2.17. The number of benzene rings is 1. The third kappa shape index (κ3) is 5.73. The molecule has 1 aromatic rings. The molecule has 8 nitrogen and oxygen atoms in total. The lowest BCUT2D eigenvalue weighted by atomic mass is 10.1. The van der Waals surface area contributed by atoms with E-state index in [9.17, 15) is 14.4 Å². The first-order valence-electron chi connectivity index (χ1n) is 8.66. The summed E-state index contributed by atoms with van der Waals surface area (Å²) in [5.41, 5.74) is 1.66. The minimum Gasteiger partial charge on any atom is -0.481 e. The van der Waals surface area contributed by atoms with Crippen LogP contribution < -0.4 is 10.2 Å². The van der Waals surface area contributed by atoms with E-state index in [4.69, 9.17) is 14.6 Å². The lowest BCUT2D eigenvalue weighted by Gasteiger charge is -2.30. The number of morpholine rings is 1. The number of carboxylic acids is 1. The summed E-state index contributed by atoms with van der Waals surface area (Å²) in [5.74, 6) is -1.68. The Hall–Kier alpha value is -2.61. The number of amides is 1. The van der Waals surface area contributed by atoms with Gasteiger partial charge in [-0.15, -0.1) is 0 Å². The van der Waals surface area contributed by atoms with E-state index in [0.717, 1.165) is 5.69 Å². The molecular formula is C18H24N2O6. The van der Waals surface area contributed by atoms with Crippen molar-refractivity contribution in [3.8, 4) is 0 Å². The van der Waals surface area contributed by atoms with E-state index in [-0.39, 0.29) is 31.8 Å². The molecule has 2 N–H and O–H groups in total. The standard InChI is InChI=1S/C18H24N2O6/c1-2-26-18(24)13-6-7-15(20-8-10-25-11-9-20)14(12-13)19-16(21)4-3-5-17(22)23/h6-7,12H,2-5,8-11H2,1H3,(H,19,21)(H,22,23). The fourth-order valence-electron chi connectivity index (χ4n) is 2.67. The van der Waals surface area contributed by atoms with Crippen LogP contribution in [0.1, 0.15) is 36.5 Å². The number of rotatable bonds is 8. The Labute approximate surface area is 152 Å². The first kappa shape index (κ1) is 19.7. The number of aliphatic carboxylic acids is 1. The van der Waals surface area contributed by atoms with Crippen molar-refractivity contribution in [3.05, 3.63) is 23.8 Å². The van der Waals surface area contributed by atoms with Crippen LogP contribution in [0.2, 0.25) is 0 Å². The number of esters is 1. The zero-order valence-corrected chi connectivity index (χ0v) is 14.8. The molecule has 142 valence electrons.